The van der Waals surface area contributed by atoms with E-state index in [1.807, 2.05) is 59.5 Å². The number of aliphatic hydroxyl groups excluding tert-OH is 1. The van der Waals surface area contributed by atoms with Gasteiger partial charge in [-0.25, -0.2) is 0 Å². The van der Waals surface area contributed by atoms with Crippen LogP contribution >= 0.6 is 11.8 Å². The number of hydrogen-bond acceptors (Lipinski definition) is 4. The molecule has 54 heavy (non-hydrogen) atoms. The van der Waals surface area contributed by atoms with Crippen molar-refractivity contribution in [1.82, 2.24) is 4.98 Å². The van der Waals surface area contributed by atoms with Crippen LogP contribution in [-0.2, 0) is 37.7 Å². The Morgan fingerprint density at radius 3 is 1.98 bits per heavy atom. The number of allylic oxidation sites excluding steroid dienone is 2. The maximum atomic E-state index is 12.2. The topological polar surface area (TPSA) is 50.2 Å². The molecule has 3 nitrogen and oxygen atoms in total. The van der Waals surface area contributed by atoms with Crippen molar-refractivity contribution in [2.24, 2.45) is 21.7 Å². The molecule has 1 aliphatic heterocycles. The number of nitrogens with zero attached hydrogens (tertiary/aromatic N) is 1. The van der Waals surface area contributed by atoms with Crippen LogP contribution in [0.25, 0.3) is 43.6 Å². The molecule has 0 aliphatic carbocycles. The molecule has 4 aromatic carbocycles. The summed E-state index contributed by atoms with van der Waals surface area (Å²) in [5.74, 6) is 0.286. The van der Waals surface area contributed by atoms with Gasteiger partial charge in [-0.3, -0.25) is 9.78 Å². The molecule has 0 bridgehead atoms. The Labute approximate surface area is 343 Å². The van der Waals surface area contributed by atoms with E-state index in [0.717, 1.165) is 44.2 Å². The Kier molecular flexibility index (Phi) is 13.5. The molecule has 5 aromatic rings. The summed E-state index contributed by atoms with van der Waals surface area (Å²) in [5.41, 5.74) is 6.19. The average Bonchev–Trinajstić information content (AvgIpc) is 3.10. The molecule has 291 valence electrons. The Bertz CT molecular complexity index is 2190. The number of rotatable bonds is 9. The fourth-order valence-electron chi connectivity index (χ4n) is 7.39. The first-order valence-electron chi connectivity index (χ1n) is 19.7. The smallest absolute Gasteiger partial charge is 0.164 e. The molecule has 5 heteroatoms. The zero-order chi connectivity index (χ0) is 39.1. The van der Waals surface area contributed by atoms with Gasteiger partial charge in [0.25, 0.3) is 0 Å². The van der Waals surface area contributed by atoms with Crippen LogP contribution in [0.3, 0.4) is 0 Å². The molecule has 0 spiro atoms. The van der Waals surface area contributed by atoms with Gasteiger partial charge in [-0.2, -0.15) is 0 Å². The molecule has 1 radical (unpaired) electrons. The van der Waals surface area contributed by atoms with Gasteiger partial charge in [0.05, 0.1) is 0 Å². The van der Waals surface area contributed by atoms with Crippen molar-refractivity contribution in [3.8, 4) is 11.3 Å². The van der Waals surface area contributed by atoms with Gasteiger partial charge >= 0.3 is 0 Å². The van der Waals surface area contributed by atoms with Gasteiger partial charge in [-0.05, 0) is 100 Å². The van der Waals surface area contributed by atoms with Crippen molar-refractivity contribution in [3.05, 3.63) is 89.3 Å². The first-order chi connectivity index (χ1) is 24.8. The van der Waals surface area contributed by atoms with Crippen LogP contribution in [-0.4, -0.2) is 15.9 Å². The quantitative estimate of drug-likeness (QED) is 0.0679. The van der Waals surface area contributed by atoms with E-state index in [1.54, 1.807) is 0 Å². The van der Waals surface area contributed by atoms with E-state index in [2.05, 4.69) is 103 Å². The van der Waals surface area contributed by atoms with Crippen LogP contribution in [0.15, 0.2) is 76.4 Å². The number of ketones is 1. The third kappa shape index (κ3) is 9.17. The molecule has 0 saturated carbocycles. The fourth-order valence-corrected chi connectivity index (χ4v) is 8.66. The number of fused-ring (bicyclic) bond motifs is 5. The minimum absolute atomic E-state index is 0. The maximum absolute atomic E-state index is 12.2. The van der Waals surface area contributed by atoms with Crippen molar-refractivity contribution in [1.29, 1.82) is 0 Å². The van der Waals surface area contributed by atoms with Gasteiger partial charge in [-0.15, -0.1) is 29.3 Å². The van der Waals surface area contributed by atoms with Gasteiger partial charge in [-0.1, -0.05) is 135 Å². The molecule has 0 amide bonds. The summed E-state index contributed by atoms with van der Waals surface area (Å²) in [6, 6.07) is 22.3. The molecule has 1 N–H and O–H groups in total. The first-order valence-corrected chi connectivity index (χ1v) is 20.5. The molecule has 0 atom stereocenters. The molecule has 2 heterocycles. The molecule has 1 aliphatic rings. The molecular formula is C49H62IrNO2S-. The van der Waals surface area contributed by atoms with Crippen molar-refractivity contribution in [2.45, 2.75) is 138 Å². The second-order valence-electron chi connectivity index (χ2n) is 18.4. The fraction of sp³-hybridized carbons (Fsp3) is 0.469. The third-order valence-corrected chi connectivity index (χ3v) is 12.8. The van der Waals surface area contributed by atoms with Crippen LogP contribution in [0, 0.1) is 34.7 Å². The Hall–Kier alpha value is -2.98. The van der Waals surface area contributed by atoms with Crippen LogP contribution in [0.2, 0.25) is 0 Å². The van der Waals surface area contributed by atoms with Gasteiger partial charge in [0.15, 0.2) is 5.78 Å². The summed E-state index contributed by atoms with van der Waals surface area (Å²) >= 11 is 1.92. The molecule has 6 rings (SSSR count). The molecule has 0 saturated heterocycles. The van der Waals surface area contributed by atoms with Crippen molar-refractivity contribution in [3.63, 3.8) is 0 Å². The van der Waals surface area contributed by atoms with Gasteiger partial charge in [0, 0.05) is 53.8 Å². The predicted molar refractivity (Wildman–Crippen MR) is 229 cm³/mol. The first kappa shape index (κ1) is 43.7. The van der Waals surface area contributed by atoms with Gasteiger partial charge < -0.3 is 5.11 Å². The second kappa shape index (κ2) is 16.6. The normalized spacial score (nSPS) is 13.4. The largest absolute Gasteiger partial charge is 0.512 e. The number of carbonyl (C=O) groups excluding carboxylic acids is 1. The van der Waals surface area contributed by atoms with Crippen LogP contribution in [0.4, 0.5) is 0 Å². The maximum Gasteiger partial charge on any atom is 0.164 e. The Balaban J connectivity index is 0.000000309. The van der Waals surface area contributed by atoms with Crippen molar-refractivity contribution in [2.75, 3.05) is 0 Å². The summed E-state index contributed by atoms with van der Waals surface area (Å²) in [7, 11) is 0. The van der Waals surface area contributed by atoms with E-state index in [4.69, 9.17) is 4.98 Å². The second-order valence-corrected chi connectivity index (χ2v) is 19.4. The van der Waals surface area contributed by atoms with E-state index in [9.17, 15) is 9.90 Å². The molecular weight excluding hydrogens is 859 g/mol. The summed E-state index contributed by atoms with van der Waals surface area (Å²) in [4.78, 5) is 19.8. The SMILES string of the molecule is CCC(C)(CC)C(=O)/C=C(\O)C(C)(CC)CC.Cc1ccc2c(CC(C)(C)C)c3c([c-]c2c1)-c1nccc2c1c(cc1cc(CC(C)(C)C)ccc12)S3.[Ir]. The van der Waals surface area contributed by atoms with Crippen LogP contribution < -0.4 is 0 Å². The minimum Gasteiger partial charge on any atom is -0.512 e. The number of pyridine rings is 1. The van der Waals surface area contributed by atoms with E-state index in [0.29, 0.717) is 0 Å². The number of aryl methyl sites for hydroxylation is 1. The zero-order valence-electron chi connectivity index (χ0n) is 35.1. The standard InChI is InChI=1S/C34H34NS.C15H28O2.Ir/c1-20-8-10-25-22(14-20)16-27-31-30-26(12-13-35-31)24-11-9-21(18-33(2,3)4)15-23(24)17-29(30)36-32(27)28(25)19-34(5,6)7;1-7-14(5,8-2)12(16)11-13(17)15(6,9-3)10-4;/h8-15,17H,18-19H2,1-7H3;11,16H,7-10H2,1-6H3;/q-1;;/b;12-11-;. The number of benzene rings is 4. The average molecular weight is 921 g/mol. The van der Waals surface area contributed by atoms with Crippen LogP contribution in [0.5, 0.6) is 0 Å². The van der Waals surface area contributed by atoms with E-state index >= 15 is 0 Å². The summed E-state index contributed by atoms with van der Waals surface area (Å²) in [6.07, 6.45) is 8.83. The summed E-state index contributed by atoms with van der Waals surface area (Å²) < 4.78 is 0. The van der Waals surface area contributed by atoms with Crippen LogP contribution in [0.1, 0.15) is 125 Å². The third-order valence-electron chi connectivity index (χ3n) is 11.6. The number of aromatic nitrogens is 1. The molecule has 1 aromatic heterocycles. The van der Waals surface area contributed by atoms with Gasteiger partial charge in [0.1, 0.15) is 5.76 Å². The predicted octanol–water partition coefficient (Wildman–Crippen LogP) is 14.6. The Morgan fingerprint density at radius 2 is 1.39 bits per heavy atom. The minimum atomic E-state index is -0.337. The number of aliphatic hydroxyl groups is 1. The monoisotopic (exact) mass is 921 g/mol. The van der Waals surface area contributed by atoms with E-state index in [-0.39, 0.29) is 53.3 Å². The van der Waals surface area contributed by atoms with Crippen molar-refractivity contribution >= 4 is 49.9 Å². The summed E-state index contributed by atoms with van der Waals surface area (Å²) in [6.45, 7) is 28.2. The zero-order valence-corrected chi connectivity index (χ0v) is 38.3. The number of carbonyl (C=O) groups is 1. The van der Waals surface area contributed by atoms with E-state index in [1.165, 1.54) is 70.4 Å². The van der Waals surface area contributed by atoms with Crippen molar-refractivity contribution < 1.29 is 30.0 Å². The van der Waals surface area contributed by atoms with Gasteiger partial charge in [0.2, 0.25) is 0 Å². The molecule has 0 fully saturated rings. The molecule has 0 unspecified atom stereocenters. The van der Waals surface area contributed by atoms with E-state index < -0.39 is 0 Å². The Morgan fingerprint density at radius 1 is 0.778 bits per heavy atom. The number of hydrogen-bond donors (Lipinski definition) is 1. The summed E-state index contributed by atoms with van der Waals surface area (Å²) in [5, 5.41) is 17.9.